The van der Waals surface area contributed by atoms with Gasteiger partial charge < -0.3 is 9.80 Å². The topological polar surface area (TPSA) is 49.3 Å². The monoisotopic (exact) mass is 302 g/mol. The number of carbonyl (C=O) groups is 1. The SMILES string of the molecule is CC1CC(C)CN(C(=O)C2CCN(c3cncnc3)CC2)C1. The fraction of sp³-hybridized carbons (Fsp3) is 0.706. The van der Waals surface area contributed by atoms with Crippen LogP contribution < -0.4 is 4.90 Å². The zero-order valence-electron chi connectivity index (χ0n) is 13.6. The summed E-state index contributed by atoms with van der Waals surface area (Å²) >= 11 is 0. The zero-order valence-corrected chi connectivity index (χ0v) is 13.6. The van der Waals surface area contributed by atoms with E-state index in [9.17, 15) is 4.79 Å². The zero-order chi connectivity index (χ0) is 15.5. The minimum Gasteiger partial charge on any atom is -0.369 e. The van der Waals surface area contributed by atoms with E-state index in [1.807, 2.05) is 12.4 Å². The number of anilines is 1. The quantitative estimate of drug-likeness (QED) is 0.840. The lowest BCUT2D eigenvalue weighted by Gasteiger charge is -2.39. The van der Waals surface area contributed by atoms with Crippen molar-refractivity contribution in [1.29, 1.82) is 0 Å². The van der Waals surface area contributed by atoms with E-state index in [1.54, 1.807) is 6.33 Å². The summed E-state index contributed by atoms with van der Waals surface area (Å²) in [6, 6.07) is 0. The summed E-state index contributed by atoms with van der Waals surface area (Å²) < 4.78 is 0. The highest BCUT2D eigenvalue weighted by molar-refractivity contribution is 5.79. The van der Waals surface area contributed by atoms with Crippen LogP contribution in [0.2, 0.25) is 0 Å². The normalized spacial score (nSPS) is 27.0. The number of aromatic nitrogens is 2. The van der Waals surface area contributed by atoms with Gasteiger partial charge in [-0.05, 0) is 31.1 Å². The Bertz CT molecular complexity index is 489. The molecule has 3 rings (SSSR count). The van der Waals surface area contributed by atoms with Gasteiger partial charge in [-0.1, -0.05) is 13.8 Å². The number of hydrogen-bond donors (Lipinski definition) is 0. The maximum absolute atomic E-state index is 12.8. The van der Waals surface area contributed by atoms with Crippen LogP contribution in [0.5, 0.6) is 0 Å². The summed E-state index contributed by atoms with van der Waals surface area (Å²) in [6.07, 6.45) is 8.38. The molecule has 22 heavy (non-hydrogen) atoms. The summed E-state index contributed by atoms with van der Waals surface area (Å²) in [5.74, 6) is 1.84. The van der Waals surface area contributed by atoms with Crippen molar-refractivity contribution in [1.82, 2.24) is 14.9 Å². The van der Waals surface area contributed by atoms with Crippen LogP contribution in [0.15, 0.2) is 18.7 Å². The van der Waals surface area contributed by atoms with Crippen LogP contribution in [0.4, 0.5) is 5.69 Å². The average Bonchev–Trinajstić information content (AvgIpc) is 2.54. The molecule has 2 atom stereocenters. The van der Waals surface area contributed by atoms with E-state index in [4.69, 9.17) is 0 Å². The molecule has 1 aromatic heterocycles. The van der Waals surface area contributed by atoms with Gasteiger partial charge in [0, 0.05) is 32.1 Å². The summed E-state index contributed by atoms with van der Waals surface area (Å²) in [5.41, 5.74) is 1.06. The van der Waals surface area contributed by atoms with Crippen LogP contribution in [-0.4, -0.2) is 47.0 Å². The molecule has 2 fully saturated rings. The first-order chi connectivity index (χ1) is 10.6. The molecule has 0 spiro atoms. The van der Waals surface area contributed by atoms with Gasteiger partial charge in [-0.15, -0.1) is 0 Å². The smallest absolute Gasteiger partial charge is 0.225 e. The number of likely N-dealkylation sites (tertiary alicyclic amines) is 1. The Hall–Kier alpha value is -1.65. The molecule has 0 saturated carbocycles. The molecule has 2 saturated heterocycles. The first kappa shape index (κ1) is 15.3. The van der Waals surface area contributed by atoms with Gasteiger partial charge in [0.15, 0.2) is 0 Å². The molecule has 0 aromatic carbocycles. The minimum absolute atomic E-state index is 0.193. The van der Waals surface area contributed by atoms with Gasteiger partial charge >= 0.3 is 0 Å². The van der Waals surface area contributed by atoms with Crippen LogP contribution >= 0.6 is 0 Å². The Morgan fingerprint density at radius 3 is 2.27 bits per heavy atom. The van der Waals surface area contributed by atoms with Crippen molar-refractivity contribution in [3.63, 3.8) is 0 Å². The Kier molecular flexibility index (Phi) is 4.60. The fourth-order valence-electron chi connectivity index (χ4n) is 3.94. The molecule has 0 aliphatic carbocycles. The molecule has 2 aliphatic heterocycles. The van der Waals surface area contributed by atoms with Crippen molar-refractivity contribution in [2.75, 3.05) is 31.1 Å². The Morgan fingerprint density at radius 2 is 1.68 bits per heavy atom. The summed E-state index contributed by atoms with van der Waals surface area (Å²) in [5, 5.41) is 0. The molecule has 0 radical (unpaired) electrons. The lowest BCUT2D eigenvalue weighted by Crippen LogP contribution is -2.47. The molecule has 2 unspecified atom stereocenters. The maximum atomic E-state index is 12.8. The van der Waals surface area contributed by atoms with Crippen molar-refractivity contribution in [2.24, 2.45) is 17.8 Å². The van der Waals surface area contributed by atoms with Crippen LogP contribution in [0.1, 0.15) is 33.1 Å². The first-order valence-corrected chi connectivity index (χ1v) is 8.42. The van der Waals surface area contributed by atoms with E-state index in [-0.39, 0.29) is 5.92 Å². The van der Waals surface area contributed by atoms with Crippen molar-refractivity contribution in [3.05, 3.63) is 18.7 Å². The number of piperidine rings is 2. The molecule has 1 aromatic rings. The molecular weight excluding hydrogens is 276 g/mol. The Labute approximate surface area is 132 Å². The van der Waals surface area contributed by atoms with Crippen molar-refractivity contribution in [2.45, 2.75) is 33.1 Å². The molecule has 5 heteroatoms. The summed E-state index contributed by atoms with van der Waals surface area (Å²) in [7, 11) is 0. The number of rotatable bonds is 2. The van der Waals surface area contributed by atoms with E-state index in [0.29, 0.717) is 17.7 Å². The van der Waals surface area contributed by atoms with Gasteiger partial charge in [0.2, 0.25) is 5.91 Å². The summed E-state index contributed by atoms with van der Waals surface area (Å²) in [6.45, 7) is 8.24. The lowest BCUT2D eigenvalue weighted by atomic mass is 9.89. The van der Waals surface area contributed by atoms with Gasteiger partial charge in [-0.3, -0.25) is 4.79 Å². The molecular formula is C17H26N4O. The highest BCUT2D eigenvalue weighted by Gasteiger charge is 2.32. The van der Waals surface area contributed by atoms with E-state index < -0.39 is 0 Å². The Morgan fingerprint density at radius 1 is 1.09 bits per heavy atom. The van der Waals surface area contributed by atoms with E-state index in [1.165, 1.54) is 6.42 Å². The Balaban J connectivity index is 1.56. The van der Waals surface area contributed by atoms with Gasteiger partial charge in [0.1, 0.15) is 6.33 Å². The highest BCUT2D eigenvalue weighted by atomic mass is 16.2. The van der Waals surface area contributed by atoms with Crippen molar-refractivity contribution < 1.29 is 4.79 Å². The van der Waals surface area contributed by atoms with Crippen molar-refractivity contribution in [3.8, 4) is 0 Å². The van der Waals surface area contributed by atoms with Crippen LogP contribution in [0.3, 0.4) is 0 Å². The van der Waals surface area contributed by atoms with Crippen LogP contribution in [0.25, 0.3) is 0 Å². The molecule has 0 bridgehead atoms. The molecule has 1 amide bonds. The predicted octanol–water partition coefficient (Wildman–Crippen LogP) is 2.20. The van der Waals surface area contributed by atoms with Crippen LogP contribution in [0, 0.1) is 17.8 Å². The third kappa shape index (κ3) is 3.39. The fourth-order valence-corrected chi connectivity index (χ4v) is 3.94. The van der Waals surface area contributed by atoms with E-state index in [0.717, 1.165) is 44.7 Å². The van der Waals surface area contributed by atoms with Crippen molar-refractivity contribution >= 4 is 11.6 Å². The van der Waals surface area contributed by atoms with Gasteiger partial charge in [0.05, 0.1) is 18.1 Å². The number of amides is 1. The van der Waals surface area contributed by atoms with Crippen LogP contribution in [-0.2, 0) is 4.79 Å². The maximum Gasteiger partial charge on any atom is 0.225 e. The molecule has 2 aliphatic rings. The van der Waals surface area contributed by atoms with Gasteiger partial charge in [0.25, 0.3) is 0 Å². The van der Waals surface area contributed by atoms with E-state index >= 15 is 0 Å². The third-order valence-corrected chi connectivity index (χ3v) is 4.94. The number of carbonyl (C=O) groups excluding carboxylic acids is 1. The first-order valence-electron chi connectivity index (χ1n) is 8.42. The number of hydrogen-bond acceptors (Lipinski definition) is 4. The number of nitrogens with zero attached hydrogens (tertiary/aromatic N) is 4. The van der Waals surface area contributed by atoms with E-state index in [2.05, 4.69) is 33.6 Å². The minimum atomic E-state index is 0.193. The molecule has 0 N–H and O–H groups in total. The summed E-state index contributed by atoms with van der Waals surface area (Å²) in [4.78, 5) is 25.3. The molecule has 3 heterocycles. The largest absolute Gasteiger partial charge is 0.369 e. The highest BCUT2D eigenvalue weighted by Crippen LogP contribution is 2.27. The third-order valence-electron chi connectivity index (χ3n) is 4.94. The average molecular weight is 302 g/mol. The van der Waals surface area contributed by atoms with Gasteiger partial charge in [-0.2, -0.15) is 0 Å². The molecule has 5 nitrogen and oxygen atoms in total. The second kappa shape index (κ2) is 6.63. The second-order valence-electron chi connectivity index (χ2n) is 7.05. The second-order valence-corrected chi connectivity index (χ2v) is 7.05. The lowest BCUT2D eigenvalue weighted by molar-refractivity contribution is -0.138. The predicted molar refractivity (Wildman–Crippen MR) is 86.5 cm³/mol. The molecule has 120 valence electrons. The van der Waals surface area contributed by atoms with Gasteiger partial charge in [-0.25, -0.2) is 9.97 Å². The standard InChI is InChI=1S/C17H26N4O/c1-13-7-14(2)11-21(10-13)17(22)15-3-5-20(6-4-15)16-8-18-12-19-9-16/h8-9,12-15H,3-7,10-11H2,1-2H3.